The molecule has 1 nitrogen and oxygen atoms in total. The SMILES string of the molecule is Cc1cccc2c1CCC2=C=O. The molecular weight excluding hydrogens is 148 g/mol. The lowest BCUT2D eigenvalue weighted by molar-refractivity contribution is 0.569. The first-order chi connectivity index (χ1) is 5.83. The predicted octanol–water partition coefficient (Wildman–Crippen LogP) is 2.16. The molecule has 0 fully saturated rings. The Balaban J connectivity index is 2.68. The fraction of sp³-hybridized carbons (Fsp3) is 0.273. The molecule has 1 aromatic carbocycles. The Morgan fingerprint density at radius 2 is 2.17 bits per heavy atom. The van der Waals surface area contributed by atoms with Crippen LogP contribution in [0.25, 0.3) is 5.57 Å². The Labute approximate surface area is 71.7 Å². The summed E-state index contributed by atoms with van der Waals surface area (Å²) in [7, 11) is 0. The molecule has 0 radical (unpaired) electrons. The van der Waals surface area contributed by atoms with E-state index in [1.807, 2.05) is 18.1 Å². The molecule has 0 aliphatic heterocycles. The molecule has 0 saturated heterocycles. The second-order valence-corrected chi connectivity index (χ2v) is 3.18. The van der Waals surface area contributed by atoms with Crippen molar-refractivity contribution in [2.24, 2.45) is 0 Å². The quantitative estimate of drug-likeness (QED) is 0.529. The van der Waals surface area contributed by atoms with Gasteiger partial charge in [0.05, 0.1) is 0 Å². The van der Waals surface area contributed by atoms with Gasteiger partial charge in [0.1, 0.15) is 5.94 Å². The normalized spacial score (nSPS) is 14.2. The van der Waals surface area contributed by atoms with Gasteiger partial charge in [-0.15, -0.1) is 0 Å². The van der Waals surface area contributed by atoms with Gasteiger partial charge in [0, 0.05) is 5.57 Å². The summed E-state index contributed by atoms with van der Waals surface area (Å²) >= 11 is 0. The lowest BCUT2D eigenvalue weighted by atomic mass is 10.0. The third kappa shape index (κ3) is 0.910. The largest absolute Gasteiger partial charge is 0.233 e. The van der Waals surface area contributed by atoms with E-state index in [2.05, 4.69) is 13.0 Å². The average Bonchev–Trinajstić information content (AvgIpc) is 2.49. The zero-order chi connectivity index (χ0) is 8.55. The molecule has 1 aliphatic rings. The van der Waals surface area contributed by atoms with Crippen molar-refractivity contribution in [1.82, 2.24) is 0 Å². The molecule has 0 unspecified atom stereocenters. The van der Waals surface area contributed by atoms with E-state index in [0.29, 0.717) is 0 Å². The van der Waals surface area contributed by atoms with Gasteiger partial charge in [-0.25, -0.2) is 4.79 Å². The van der Waals surface area contributed by atoms with Gasteiger partial charge in [-0.05, 0) is 36.5 Å². The number of allylic oxidation sites excluding steroid dienone is 1. The minimum absolute atomic E-state index is 0.841. The molecule has 0 spiro atoms. The smallest absolute Gasteiger partial charge is 0.128 e. The zero-order valence-corrected chi connectivity index (χ0v) is 7.05. The van der Waals surface area contributed by atoms with Crippen molar-refractivity contribution in [2.75, 3.05) is 0 Å². The fourth-order valence-corrected chi connectivity index (χ4v) is 1.81. The molecule has 1 aromatic rings. The Bertz CT molecular complexity index is 371. The van der Waals surface area contributed by atoms with Crippen molar-refractivity contribution in [1.29, 1.82) is 0 Å². The fourth-order valence-electron chi connectivity index (χ4n) is 1.81. The second kappa shape index (κ2) is 2.62. The molecule has 2 rings (SSSR count). The first kappa shape index (κ1) is 7.33. The molecule has 12 heavy (non-hydrogen) atoms. The first-order valence-electron chi connectivity index (χ1n) is 4.16. The van der Waals surface area contributed by atoms with Crippen molar-refractivity contribution < 1.29 is 4.79 Å². The van der Waals surface area contributed by atoms with E-state index < -0.39 is 0 Å². The molecule has 0 atom stereocenters. The average molecular weight is 158 g/mol. The summed E-state index contributed by atoms with van der Waals surface area (Å²) in [6.45, 7) is 2.09. The zero-order valence-electron chi connectivity index (χ0n) is 7.05. The molecule has 0 amide bonds. The van der Waals surface area contributed by atoms with Crippen molar-refractivity contribution in [3.63, 3.8) is 0 Å². The second-order valence-electron chi connectivity index (χ2n) is 3.18. The van der Waals surface area contributed by atoms with Gasteiger partial charge >= 0.3 is 0 Å². The van der Waals surface area contributed by atoms with Crippen LogP contribution in [0.3, 0.4) is 0 Å². The maximum atomic E-state index is 10.5. The van der Waals surface area contributed by atoms with E-state index in [1.54, 1.807) is 0 Å². The van der Waals surface area contributed by atoms with Crippen molar-refractivity contribution in [3.05, 3.63) is 34.9 Å². The van der Waals surface area contributed by atoms with Crippen LogP contribution in [-0.2, 0) is 11.2 Å². The molecule has 0 saturated carbocycles. The van der Waals surface area contributed by atoms with Crippen molar-refractivity contribution >= 4 is 11.5 Å². The summed E-state index contributed by atoms with van der Waals surface area (Å²) in [5.74, 6) is 2.01. The van der Waals surface area contributed by atoms with Crippen LogP contribution in [0.2, 0.25) is 0 Å². The van der Waals surface area contributed by atoms with Gasteiger partial charge < -0.3 is 0 Å². The molecule has 1 aliphatic carbocycles. The van der Waals surface area contributed by atoms with Crippen LogP contribution in [0, 0.1) is 6.92 Å². The van der Waals surface area contributed by atoms with Crippen LogP contribution in [0.4, 0.5) is 0 Å². The number of fused-ring (bicyclic) bond motifs is 1. The third-order valence-electron chi connectivity index (χ3n) is 2.48. The Hall–Kier alpha value is -1.33. The topological polar surface area (TPSA) is 17.1 Å². The molecule has 60 valence electrons. The predicted molar refractivity (Wildman–Crippen MR) is 48.6 cm³/mol. The van der Waals surface area contributed by atoms with Gasteiger partial charge in [0.15, 0.2) is 0 Å². The van der Waals surface area contributed by atoms with E-state index in [4.69, 9.17) is 0 Å². The lowest BCUT2D eigenvalue weighted by Gasteiger charge is -2.00. The van der Waals surface area contributed by atoms with Crippen molar-refractivity contribution in [2.45, 2.75) is 19.8 Å². The maximum Gasteiger partial charge on any atom is 0.128 e. The van der Waals surface area contributed by atoms with Crippen LogP contribution in [-0.4, -0.2) is 5.94 Å². The third-order valence-corrected chi connectivity index (χ3v) is 2.48. The number of aryl methyl sites for hydroxylation is 1. The molecular formula is C11H10O. The number of hydrogen-bond donors (Lipinski definition) is 0. The first-order valence-corrected chi connectivity index (χ1v) is 4.16. The molecule has 0 heterocycles. The van der Waals surface area contributed by atoms with Crippen LogP contribution in [0.5, 0.6) is 0 Å². The highest BCUT2D eigenvalue weighted by molar-refractivity contribution is 5.91. The summed E-state index contributed by atoms with van der Waals surface area (Å²) in [5, 5.41) is 0. The number of hydrogen-bond acceptors (Lipinski definition) is 1. The van der Waals surface area contributed by atoms with Crippen LogP contribution in [0.15, 0.2) is 18.2 Å². The van der Waals surface area contributed by atoms with Gasteiger partial charge in [-0.2, -0.15) is 0 Å². The van der Waals surface area contributed by atoms with Crippen LogP contribution >= 0.6 is 0 Å². The minimum atomic E-state index is 0.841. The maximum absolute atomic E-state index is 10.5. The van der Waals surface area contributed by atoms with Gasteiger partial charge in [0.2, 0.25) is 0 Å². The summed E-state index contributed by atoms with van der Waals surface area (Å²) in [4.78, 5) is 10.5. The van der Waals surface area contributed by atoms with Crippen molar-refractivity contribution in [3.8, 4) is 0 Å². The molecule has 0 N–H and O–H groups in total. The van der Waals surface area contributed by atoms with E-state index in [-0.39, 0.29) is 0 Å². The highest BCUT2D eigenvalue weighted by Crippen LogP contribution is 2.31. The Morgan fingerprint density at radius 1 is 1.33 bits per heavy atom. The van der Waals surface area contributed by atoms with Crippen LogP contribution in [0.1, 0.15) is 23.1 Å². The number of rotatable bonds is 0. The minimum Gasteiger partial charge on any atom is -0.233 e. The highest BCUT2D eigenvalue weighted by atomic mass is 16.1. The summed E-state index contributed by atoms with van der Waals surface area (Å²) in [6, 6.07) is 6.10. The van der Waals surface area contributed by atoms with Gasteiger partial charge in [0.25, 0.3) is 0 Å². The lowest BCUT2D eigenvalue weighted by Crippen LogP contribution is -1.85. The number of benzene rings is 1. The monoisotopic (exact) mass is 158 g/mol. The van der Waals surface area contributed by atoms with E-state index in [0.717, 1.165) is 24.0 Å². The van der Waals surface area contributed by atoms with Gasteiger partial charge in [-0.1, -0.05) is 18.2 Å². The molecule has 0 aromatic heterocycles. The summed E-state index contributed by atoms with van der Waals surface area (Å²) < 4.78 is 0. The van der Waals surface area contributed by atoms with Crippen LogP contribution < -0.4 is 0 Å². The Kier molecular flexibility index (Phi) is 1.60. The number of carbonyl (C=O) groups excluding carboxylic acids is 1. The van der Waals surface area contributed by atoms with E-state index in [1.165, 1.54) is 11.1 Å². The molecule has 1 heteroatoms. The van der Waals surface area contributed by atoms with Gasteiger partial charge in [-0.3, -0.25) is 0 Å². The Morgan fingerprint density at radius 3 is 2.92 bits per heavy atom. The highest BCUT2D eigenvalue weighted by Gasteiger charge is 2.17. The molecule has 0 bridgehead atoms. The van der Waals surface area contributed by atoms with E-state index in [9.17, 15) is 4.79 Å². The summed E-state index contributed by atoms with van der Waals surface area (Å²) in [6.07, 6.45) is 1.87. The van der Waals surface area contributed by atoms with E-state index >= 15 is 0 Å². The summed E-state index contributed by atoms with van der Waals surface area (Å²) in [5.41, 5.74) is 4.58. The standard InChI is InChI=1S/C11H10O/c1-8-3-2-4-11-9(7-12)5-6-10(8)11/h2-4H,5-6H2,1H3.